The van der Waals surface area contributed by atoms with Crippen LogP contribution >= 0.6 is 0 Å². The molecule has 0 saturated heterocycles. The smallest absolute Gasteiger partial charge is 0.313 e. The Balaban J connectivity index is 1.86. The van der Waals surface area contributed by atoms with Crippen LogP contribution in [0.25, 0.3) is 0 Å². The predicted molar refractivity (Wildman–Crippen MR) is 116 cm³/mol. The SMILES string of the molecule is CCOc1ccc(NC(=O)C(=O)NCc2ccc(CN(CC)CC)cc2)c(C)c1. The van der Waals surface area contributed by atoms with Crippen molar-refractivity contribution in [2.24, 2.45) is 0 Å². The normalized spacial score (nSPS) is 10.7. The maximum Gasteiger partial charge on any atom is 0.313 e. The molecule has 6 nitrogen and oxygen atoms in total. The zero-order valence-corrected chi connectivity index (χ0v) is 17.7. The average molecular weight is 398 g/mol. The van der Waals surface area contributed by atoms with Crippen molar-refractivity contribution in [1.82, 2.24) is 10.2 Å². The van der Waals surface area contributed by atoms with Crippen molar-refractivity contribution >= 4 is 17.5 Å². The number of ether oxygens (including phenoxy) is 1. The zero-order chi connectivity index (χ0) is 21.2. The highest BCUT2D eigenvalue weighted by Crippen LogP contribution is 2.21. The molecular weight excluding hydrogens is 366 g/mol. The van der Waals surface area contributed by atoms with Gasteiger partial charge in [-0.2, -0.15) is 0 Å². The fraction of sp³-hybridized carbons (Fsp3) is 0.391. The molecule has 0 aliphatic carbocycles. The summed E-state index contributed by atoms with van der Waals surface area (Å²) in [6, 6.07) is 13.4. The lowest BCUT2D eigenvalue weighted by Gasteiger charge is -2.18. The van der Waals surface area contributed by atoms with E-state index in [9.17, 15) is 9.59 Å². The second-order valence-electron chi connectivity index (χ2n) is 6.82. The number of benzene rings is 2. The highest BCUT2D eigenvalue weighted by atomic mass is 16.5. The van der Waals surface area contributed by atoms with Gasteiger partial charge in [-0.05, 0) is 61.8 Å². The lowest BCUT2D eigenvalue weighted by atomic mass is 10.1. The van der Waals surface area contributed by atoms with E-state index in [4.69, 9.17) is 4.74 Å². The Kier molecular flexibility index (Phi) is 8.68. The van der Waals surface area contributed by atoms with E-state index in [1.54, 1.807) is 12.1 Å². The number of nitrogens with zero attached hydrogens (tertiary/aromatic N) is 1. The standard InChI is InChI=1S/C23H31N3O3/c1-5-26(6-2)16-19-10-8-18(9-11-19)15-24-22(27)23(28)25-21-13-12-20(29-7-3)14-17(21)4/h8-14H,5-7,15-16H2,1-4H3,(H,24,27)(H,25,28). The fourth-order valence-corrected chi connectivity index (χ4v) is 2.94. The lowest BCUT2D eigenvalue weighted by Crippen LogP contribution is -2.35. The molecule has 156 valence electrons. The topological polar surface area (TPSA) is 70.7 Å². The third-order valence-electron chi connectivity index (χ3n) is 4.74. The number of hydrogen-bond acceptors (Lipinski definition) is 4. The van der Waals surface area contributed by atoms with Gasteiger partial charge in [0, 0.05) is 18.8 Å². The monoisotopic (exact) mass is 397 g/mol. The highest BCUT2D eigenvalue weighted by molar-refractivity contribution is 6.39. The van der Waals surface area contributed by atoms with Crippen molar-refractivity contribution in [2.45, 2.75) is 40.8 Å². The van der Waals surface area contributed by atoms with Crippen LogP contribution < -0.4 is 15.4 Å². The molecule has 6 heteroatoms. The Hall–Kier alpha value is -2.86. The third-order valence-corrected chi connectivity index (χ3v) is 4.74. The molecule has 0 spiro atoms. The minimum Gasteiger partial charge on any atom is -0.494 e. The Morgan fingerprint density at radius 3 is 2.17 bits per heavy atom. The summed E-state index contributed by atoms with van der Waals surface area (Å²) in [7, 11) is 0. The first-order chi connectivity index (χ1) is 14.0. The van der Waals surface area contributed by atoms with Gasteiger partial charge >= 0.3 is 11.8 Å². The quantitative estimate of drug-likeness (QED) is 0.636. The van der Waals surface area contributed by atoms with Crippen LogP contribution in [-0.2, 0) is 22.7 Å². The minimum absolute atomic E-state index is 0.306. The summed E-state index contributed by atoms with van der Waals surface area (Å²) in [5.74, 6) is -0.613. The molecule has 0 aromatic heterocycles. The molecule has 2 N–H and O–H groups in total. The van der Waals surface area contributed by atoms with Crippen molar-refractivity contribution in [3.63, 3.8) is 0 Å². The van der Waals surface area contributed by atoms with Crippen LogP contribution in [0.2, 0.25) is 0 Å². The van der Waals surface area contributed by atoms with E-state index in [1.165, 1.54) is 5.56 Å². The average Bonchev–Trinajstić information content (AvgIpc) is 2.73. The van der Waals surface area contributed by atoms with Gasteiger partial charge in [0.15, 0.2) is 0 Å². The largest absolute Gasteiger partial charge is 0.494 e. The number of aryl methyl sites for hydroxylation is 1. The summed E-state index contributed by atoms with van der Waals surface area (Å²) in [5.41, 5.74) is 3.61. The molecule has 0 bridgehead atoms. The van der Waals surface area contributed by atoms with Gasteiger partial charge in [0.2, 0.25) is 0 Å². The van der Waals surface area contributed by atoms with E-state index >= 15 is 0 Å². The van der Waals surface area contributed by atoms with Crippen molar-refractivity contribution in [2.75, 3.05) is 25.0 Å². The summed E-state index contributed by atoms with van der Waals surface area (Å²) in [6.45, 7) is 11.9. The molecule has 0 aliphatic heterocycles. The molecule has 0 aliphatic rings. The molecule has 0 radical (unpaired) electrons. The Bertz CT molecular complexity index is 815. The van der Waals surface area contributed by atoms with E-state index in [-0.39, 0.29) is 0 Å². The molecule has 29 heavy (non-hydrogen) atoms. The van der Waals surface area contributed by atoms with Crippen LogP contribution in [0.4, 0.5) is 5.69 Å². The highest BCUT2D eigenvalue weighted by Gasteiger charge is 2.14. The van der Waals surface area contributed by atoms with Crippen molar-refractivity contribution in [3.05, 3.63) is 59.2 Å². The molecule has 2 amide bonds. The van der Waals surface area contributed by atoms with Gasteiger partial charge in [-0.1, -0.05) is 38.1 Å². The molecule has 0 unspecified atom stereocenters. The second-order valence-corrected chi connectivity index (χ2v) is 6.82. The van der Waals surface area contributed by atoms with Crippen molar-refractivity contribution < 1.29 is 14.3 Å². The number of amides is 2. The number of anilines is 1. The van der Waals surface area contributed by atoms with Crippen LogP contribution in [0.5, 0.6) is 5.75 Å². The first-order valence-corrected chi connectivity index (χ1v) is 10.1. The van der Waals surface area contributed by atoms with Crippen LogP contribution in [-0.4, -0.2) is 36.4 Å². The van der Waals surface area contributed by atoms with Crippen LogP contribution in [0.1, 0.15) is 37.5 Å². The summed E-state index contributed by atoms with van der Waals surface area (Å²) in [5, 5.41) is 5.31. The van der Waals surface area contributed by atoms with Gasteiger partial charge in [-0.3, -0.25) is 14.5 Å². The molecule has 2 rings (SSSR count). The Morgan fingerprint density at radius 1 is 0.931 bits per heavy atom. The zero-order valence-electron chi connectivity index (χ0n) is 17.7. The maximum absolute atomic E-state index is 12.2. The van der Waals surface area contributed by atoms with E-state index in [2.05, 4.69) is 41.5 Å². The minimum atomic E-state index is -0.685. The lowest BCUT2D eigenvalue weighted by molar-refractivity contribution is -0.136. The van der Waals surface area contributed by atoms with E-state index < -0.39 is 11.8 Å². The molecule has 0 heterocycles. The molecule has 2 aromatic carbocycles. The summed E-state index contributed by atoms with van der Waals surface area (Å²) in [4.78, 5) is 26.7. The summed E-state index contributed by atoms with van der Waals surface area (Å²) < 4.78 is 5.43. The van der Waals surface area contributed by atoms with Gasteiger partial charge < -0.3 is 15.4 Å². The van der Waals surface area contributed by atoms with Crippen molar-refractivity contribution in [3.8, 4) is 5.75 Å². The molecule has 2 aromatic rings. The van der Waals surface area contributed by atoms with E-state index in [0.29, 0.717) is 18.8 Å². The van der Waals surface area contributed by atoms with Gasteiger partial charge in [0.05, 0.1) is 6.61 Å². The van der Waals surface area contributed by atoms with Gasteiger partial charge in [-0.15, -0.1) is 0 Å². The fourth-order valence-electron chi connectivity index (χ4n) is 2.94. The number of nitrogens with one attached hydrogen (secondary N) is 2. The van der Waals surface area contributed by atoms with Crippen LogP contribution in [0.3, 0.4) is 0 Å². The van der Waals surface area contributed by atoms with Crippen LogP contribution in [0.15, 0.2) is 42.5 Å². The van der Waals surface area contributed by atoms with Crippen molar-refractivity contribution in [1.29, 1.82) is 0 Å². The Labute approximate surface area is 173 Å². The maximum atomic E-state index is 12.2. The second kappa shape index (κ2) is 11.2. The molecule has 0 saturated carbocycles. The van der Waals surface area contributed by atoms with Gasteiger partial charge in [-0.25, -0.2) is 0 Å². The summed E-state index contributed by atoms with van der Waals surface area (Å²) in [6.07, 6.45) is 0. The number of hydrogen-bond donors (Lipinski definition) is 2. The van der Waals surface area contributed by atoms with E-state index in [0.717, 1.165) is 36.5 Å². The number of rotatable bonds is 9. The predicted octanol–water partition coefficient (Wildman–Crippen LogP) is 3.49. The molecule has 0 atom stereocenters. The summed E-state index contributed by atoms with van der Waals surface area (Å²) >= 11 is 0. The third kappa shape index (κ3) is 6.91. The van der Waals surface area contributed by atoms with Crippen LogP contribution in [0, 0.1) is 6.92 Å². The number of carbonyl (C=O) groups excluding carboxylic acids is 2. The molecule has 0 fully saturated rings. The van der Waals surface area contributed by atoms with E-state index in [1.807, 2.05) is 32.0 Å². The number of carbonyl (C=O) groups is 2. The van der Waals surface area contributed by atoms with Gasteiger partial charge in [0.1, 0.15) is 5.75 Å². The Morgan fingerprint density at radius 2 is 1.59 bits per heavy atom. The van der Waals surface area contributed by atoms with Gasteiger partial charge in [0.25, 0.3) is 0 Å². The first kappa shape index (κ1) is 22.4. The first-order valence-electron chi connectivity index (χ1n) is 10.1. The molecular formula is C23H31N3O3.